The first-order valence-electron chi connectivity index (χ1n) is 8.24. The molecule has 1 fully saturated rings. The Bertz CT molecular complexity index is 390. The molecule has 1 rings (SSSR count). The second-order valence-electron chi connectivity index (χ2n) is 5.96. The summed E-state index contributed by atoms with van der Waals surface area (Å²) in [5.74, 6) is 0.766. The fourth-order valence-corrected chi connectivity index (χ4v) is 5.21. The molecule has 2 N–H and O–H groups in total. The first-order chi connectivity index (χ1) is 9.95. The summed E-state index contributed by atoms with van der Waals surface area (Å²) in [5, 5.41) is 0. The normalized spacial score (nSPS) is 27.2. The largest absolute Gasteiger partial charge is 0.381 e. The van der Waals surface area contributed by atoms with Crippen LogP contribution < -0.4 is 5.73 Å². The van der Waals surface area contributed by atoms with Gasteiger partial charge in [-0.2, -0.15) is 4.31 Å². The Morgan fingerprint density at radius 3 is 2.29 bits per heavy atom. The number of hydrogen-bond acceptors (Lipinski definition) is 4. The predicted octanol–water partition coefficient (Wildman–Crippen LogP) is 1.97. The summed E-state index contributed by atoms with van der Waals surface area (Å²) in [5.41, 5.74) is 5.63. The van der Waals surface area contributed by atoms with E-state index in [1.807, 2.05) is 13.8 Å². The van der Waals surface area contributed by atoms with Gasteiger partial charge in [-0.15, -0.1) is 0 Å². The highest BCUT2D eigenvalue weighted by atomic mass is 32.2. The fourth-order valence-electron chi connectivity index (χ4n) is 3.42. The van der Waals surface area contributed by atoms with Crippen molar-refractivity contribution in [1.82, 2.24) is 4.31 Å². The Morgan fingerprint density at radius 1 is 1.24 bits per heavy atom. The molecular weight excluding hydrogens is 288 g/mol. The van der Waals surface area contributed by atoms with E-state index >= 15 is 0 Å². The lowest BCUT2D eigenvalue weighted by atomic mass is 9.75. The van der Waals surface area contributed by atoms with Gasteiger partial charge < -0.3 is 10.5 Å². The molecule has 5 nitrogen and oxygen atoms in total. The maximum atomic E-state index is 12.6. The van der Waals surface area contributed by atoms with Crippen molar-refractivity contribution in [2.45, 2.75) is 58.4 Å². The van der Waals surface area contributed by atoms with Gasteiger partial charge in [0.05, 0.1) is 12.4 Å². The lowest BCUT2D eigenvalue weighted by molar-refractivity contribution is 0.111. The zero-order valence-corrected chi connectivity index (χ0v) is 14.6. The highest BCUT2D eigenvalue weighted by molar-refractivity contribution is 7.89. The Balaban J connectivity index is 2.84. The molecule has 1 aliphatic rings. The van der Waals surface area contributed by atoms with E-state index in [1.165, 1.54) is 6.42 Å². The van der Waals surface area contributed by atoms with Crippen molar-refractivity contribution in [1.29, 1.82) is 0 Å². The van der Waals surface area contributed by atoms with E-state index in [0.717, 1.165) is 31.6 Å². The van der Waals surface area contributed by atoms with E-state index in [1.54, 1.807) is 4.31 Å². The molecular formula is C15H32N2O3S. The number of hydrogen-bond donors (Lipinski definition) is 1. The van der Waals surface area contributed by atoms with Crippen LogP contribution in [0.25, 0.3) is 0 Å². The standard InChI is InChI=1S/C15H32N2O3S/c1-4-14-7-9-15(13-16,10-8-14)17(5-2)21(18,19)12-11-20-6-3/h14H,4-13,16H2,1-3H3. The lowest BCUT2D eigenvalue weighted by Crippen LogP contribution is -2.58. The number of rotatable bonds is 9. The molecule has 0 amide bonds. The summed E-state index contributed by atoms with van der Waals surface area (Å²) in [6.07, 6.45) is 5.08. The van der Waals surface area contributed by atoms with E-state index in [0.29, 0.717) is 19.7 Å². The van der Waals surface area contributed by atoms with Crippen LogP contribution in [0.5, 0.6) is 0 Å². The van der Waals surface area contributed by atoms with Gasteiger partial charge in [0.2, 0.25) is 10.0 Å². The van der Waals surface area contributed by atoms with Crippen LogP contribution in [-0.4, -0.2) is 50.3 Å². The molecule has 0 radical (unpaired) electrons. The first-order valence-corrected chi connectivity index (χ1v) is 9.85. The first kappa shape index (κ1) is 18.9. The molecule has 0 aliphatic heterocycles. The average Bonchev–Trinajstić information content (AvgIpc) is 2.48. The van der Waals surface area contributed by atoms with Crippen molar-refractivity contribution in [2.24, 2.45) is 11.7 Å². The van der Waals surface area contributed by atoms with E-state index < -0.39 is 10.0 Å². The lowest BCUT2D eigenvalue weighted by Gasteiger charge is -2.46. The minimum atomic E-state index is -3.31. The molecule has 0 unspecified atom stereocenters. The van der Waals surface area contributed by atoms with Gasteiger partial charge in [0, 0.05) is 25.2 Å². The zero-order valence-electron chi connectivity index (χ0n) is 13.8. The van der Waals surface area contributed by atoms with Crippen LogP contribution in [0.15, 0.2) is 0 Å². The van der Waals surface area contributed by atoms with Gasteiger partial charge in [0.1, 0.15) is 0 Å². The Hall–Kier alpha value is -0.170. The number of nitrogens with zero attached hydrogens (tertiary/aromatic N) is 1. The van der Waals surface area contributed by atoms with Crippen molar-refractivity contribution < 1.29 is 13.2 Å². The minimum absolute atomic E-state index is 0.0492. The fraction of sp³-hybridized carbons (Fsp3) is 1.00. The van der Waals surface area contributed by atoms with Gasteiger partial charge in [0.25, 0.3) is 0 Å². The number of ether oxygens (including phenoxy) is 1. The molecule has 0 aromatic carbocycles. The number of likely N-dealkylation sites (N-methyl/N-ethyl adjacent to an activating group) is 1. The van der Waals surface area contributed by atoms with Crippen LogP contribution in [0.2, 0.25) is 0 Å². The van der Waals surface area contributed by atoms with Crippen LogP contribution in [-0.2, 0) is 14.8 Å². The topological polar surface area (TPSA) is 72.6 Å². The van der Waals surface area contributed by atoms with Gasteiger partial charge in [-0.05, 0) is 38.5 Å². The third-order valence-corrected chi connectivity index (χ3v) is 6.83. The quantitative estimate of drug-likeness (QED) is 0.659. The van der Waals surface area contributed by atoms with Gasteiger partial charge >= 0.3 is 0 Å². The second-order valence-corrected chi connectivity index (χ2v) is 7.97. The SMILES string of the molecule is CCOCCS(=O)(=O)N(CC)C1(CN)CCC(CC)CC1. The molecule has 0 bridgehead atoms. The highest BCUT2D eigenvalue weighted by Crippen LogP contribution is 2.38. The van der Waals surface area contributed by atoms with E-state index in [4.69, 9.17) is 10.5 Å². The van der Waals surface area contributed by atoms with Crippen LogP contribution in [0.4, 0.5) is 0 Å². The van der Waals surface area contributed by atoms with Crippen molar-refractivity contribution in [3.63, 3.8) is 0 Å². The smallest absolute Gasteiger partial charge is 0.216 e. The van der Waals surface area contributed by atoms with Gasteiger partial charge in [-0.3, -0.25) is 0 Å². The van der Waals surface area contributed by atoms with Crippen molar-refractivity contribution in [3.8, 4) is 0 Å². The monoisotopic (exact) mass is 320 g/mol. The average molecular weight is 320 g/mol. The molecule has 126 valence electrons. The Labute approximate surface area is 130 Å². The zero-order chi connectivity index (χ0) is 15.9. The maximum absolute atomic E-state index is 12.6. The number of nitrogens with two attached hydrogens (primary N) is 1. The summed E-state index contributed by atoms with van der Waals surface area (Å²) < 4.78 is 32.2. The maximum Gasteiger partial charge on any atom is 0.216 e. The third-order valence-electron chi connectivity index (χ3n) is 4.84. The summed E-state index contributed by atoms with van der Waals surface area (Å²) in [6.45, 7) is 7.68. The predicted molar refractivity (Wildman–Crippen MR) is 86.7 cm³/mol. The van der Waals surface area contributed by atoms with Gasteiger partial charge in [-0.25, -0.2) is 8.42 Å². The summed E-state index contributed by atoms with van der Waals surface area (Å²) in [6, 6.07) is 0. The molecule has 0 spiro atoms. The van der Waals surface area contributed by atoms with E-state index in [-0.39, 0.29) is 17.9 Å². The van der Waals surface area contributed by atoms with Crippen molar-refractivity contribution in [3.05, 3.63) is 0 Å². The molecule has 21 heavy (non-hydrogen) atoms. The van der Waals surface area contributed by atoms with Crippen LogP contribution >= 0.6 is 0 Å². The van der Waals surface area contributed by atoms with Gasteiger partial charge in [0.15, 0.2) is 0 Å². The van der Waals surface area contributed by atoms with E-state index in [2.05, 4.69) is 6.92 Å². The molecule has 0 saturated heterocycles. The van der Waals surface area contributed by atoms with Crippen LogP contribution in [0.1, 0.15) is 52.9 Å². The molecule has 0 atom stereocenters. The Morgan fingerprint density at radius 2 is 1.86 bits per heavy atom. The minimum Gasteiger partial charge on any atom is -0.381 e. The molecule has 6 heteroatoms. The molecule has 1 saturated carbocycles. The summed E-state index contributed by atoms with van der Waals surface area (Å²) in [7, 11) is -3.31. The van der Waals surface area contributed by atoms with Crippen LogP contribution in [0, 0.1) is 5.92 Å². The molecule has 0 aromatic heterocycles. The van der Waals surface area contributed by atoms with Gasteiger partial charge in [-0.1, -0.05) is 20.3 Å². The van der Waals surface area contributed by atoms with E-state index in [9.17, 15) is 8.42 Å². The van der Waals surface area contributed by atoms with Crippen molar-refractivity contribution >= 4 is 10.0 Å². The second kappa shape index (κ2) is 8.46. The highest BCUT2D eigenvalue weighted by Gasteiger charge is 2.43. The molecule has 1 aliphatic carbocycles. The Kier molecular flexibility index (Phi) is 7.60. The molecule has 0 heterocycles. The van der Waals surface area contributed by atoms with Crippen molar-refractivity contribution in [2.75, 3.05) is 32.1 Å². The van der Waals surface area contributed by atoms with Crippen LogP contribution in [0.3, 0.4) is 0 Å². The third kappa shape index (κ3) is 4.65. The molecule has 0 aromatic rings. The number of sulfonamides is 1. The summed E-state index contributed by atoms with van der Waals surface area (Å²) >= 11 is 0. The summed E-state index contributed by atoms with van der Waals surface area (Å²) in [4.78, 5) is 0.